The van der Waals surface area contributed by atoms with E-state index < -0.39 is 5.91 Å². The van der Waals surface area contributed by atoms with Gasteiger partial charge in [-0.2, -0.15) is 5.10 Å². The first-order valence-electron chi connectivity index (χ1n) is 9.16. The van der Waals surface area contributed by atoms with Crippen LogP contribution in [0.5, 0.6) is 0 Å². The largest absolute Gasteiger partial charge is 0.365 e. The highest BCUT2D eigenvalue weighted by Crippen LogP contribution is 2.39. The average Bonchev–Trinajstić information content (AvgIpc) is 3.05. The summed E-state index contributed by atoms with van der Waals surface area (Å²) in [6.45, 7) is 5.03. The standard InChI is InChI=1S/C19H27N5O2S/c1-11-5-6-14-15(7-11)27-19(17(14)18(20)26)21-16(25)10-23(3)8-13-9-24(4)22-12(13)2/h9,11H,5-8,10H2,1-4H3,(H2,20,26)(H,21,25). The van der Waals surface area contributed by atoms with Crippen molar-refractivity contribution in [1.29, 1.82) is 0 Å². The molecular weight excluding hydrogens is 362 g/mol. The molecule has 0 aliphatic heterocycles. The van der Waals surface area contributed by atoms with Crippen LogP contribution in [0.4, 0.5) is 5.00 Å². The normalized spacial score (nSPS) is 16.4. The summed E-state index contributed by atoms with van der Waals surface area (Å²) in [5.41, 5.74) is 9.19. The number of nitrogens with zero attached hydrogens (tertiary/aromatic N) is 3. The van der Waals surface area contributed by atoms with Crippen LogP contribution in [0.3, 0.4) is 0 Å². The third kappa shape index (κ3) is 4.39. The molecule has 7 nitrogen and oxygen atoms in total. The second-order valence-corrected chi connectivity index (χ2v) is 8.66. The fourth-order valence-electron chi connectivity index (χ4n) is 3.66. The number of hydrogen-bond donors (Lipinski definition) is 2. The molecule has 27 heavy (non-hydrogen) atoms. The van der Waals surface area contributed by atoms with Gasteiger partial charge in [0.1, 0.15) is 5.00 Å². The van der Waals surface area contributed by atoms with Crippen LogP contribution in [0.15, 0.2) is 6.20 Å². The van der Waals surface area contributed by atoms with Crippen LogP contribution in [0.2, 0.25) is 0 Å². The van der Waals surface area contributed by atoms with Crippen molar-refractivity contribution in [3.8, 4) is 0 Å². The van der Waals surface area contributed by atoms with E-state index in [0.29, 0.717) is 23.0 Å². The number of carbonyl (C=O) groups excluding carboxylic acids is 2. The Kier molecular flexibility index (Phi) is 5.67. The van der Waals surface area contributed by atoms with Gasteiger partial charge in [-0.3, -0.25) is 19.2 Å². The highest BCUT2D eigenvalue weighted by Gasteiger charge is 2.27. The third-order valence-corrected chi connectivity index (χ3v) is 6.15. The first-order valence-corrected chi connectivity index (χ1v) is 9.98. The molecule has 8 heteroatoms. The van der Waals surface area contributed by atoms with Gasteiger partial charge in [0, 0.05) is 30.2 Å². The van der Waals surface area contributed by atoms with Crippen LogP contribution in [-0.2, 0) is 31.2 Å². The number of amides is 2. The van der Waals surface area contributed by atoms with E-state index in [1.165, 1.54) is 16.2 Å². The molecule has 0 saturated heterocycles. The van der Waals surface area contributed by atoms with Crippen molar-refractivity contribution >= 4 is 28.2 Å². The van der Waals surface area contributed by atoms with Crippen molar-refractivity contribution < 1.29 is 9.59 Å². The minimum absolute atomic E-state index is 0.145. The lowest BCUT2D eigenvalue weighted by atomic mass is 9.88. The molecule has 0 bridgehead atoms. The Bertz CT molecular complexity index is 870. The van der Waals surface area contributed by atoms with Crippen LogP contribution in [0.25, 0.3) is 0 Å². The minimum Gasteiger partial charge on any atom is -0.365 e. The molecule has 3 N–H and O–H groups in total. The highest BCUT2D eigenvalue weighted by atomic mass is 32.1. The number of aromatic nitrogens is 2. The molecule has 2 heterocycles. The summed E-state index contributed by atoms with van der Waals surface area (Å²) >= 11 is 1.49. The number of carbonyl (C=O) groups is 2. The number of nitrogens with two attached hydrogens (primary N) is 1. The van der Waals surface area contributed by atoms with Gasteiger partial charge < -0.3 is 11.1 Å². The van der Waals surface area contributed by atoms with E-state index in [4.69, 9.17) is 5.73 Å². The second-order valence-electron chi connectivity index (χ2n) is 7.55. The van der Waals surface area contributed by atoms with Crippen molar-refractivity contribution in [1.82, 2.24) is 14.7 Å². The molecule has 1 atom stereocenters. The first kappa shape index (κ1) is 19.6. The topological polar surface area (TPSA) is 93.2 Å². The Morgan fingerprint density at radius 1 is 1.48 bits per heavy atom. The van der Waals surface area contributed by atoms with Gasteiger partial charge in [0.2, 0.25) is 5.91 Å². The van der Waals surface area contributed by atoms with Crippen molar-refractivity contribution in [3.05, 3.63) is 33.5 Å². The summed E-state index contributed by atoms with van der Waals surface area (Å²) < 4.78 is 1.77. The van der Waals surface area contributed by atoms with E-state index in [1.54, 1.807) is 4.68 Å². The lowest BCUT2D eigenvalue weighted by molar-refractivity contribution is -0.117. The SMILES string of the molecule is Cc1nn(C)cc1CN(C)CC(=O)Nc1sc2c(c1C(N)=O)CCC(C)C2. The molecule has 3 rings (SSSR count). The molecule has 1 aliphatic carbocycles. The Balaban J connectivity index is 1.68. The van der Waals surface area contributed by atoms with Gasteiger partial charge in [-0.05, 0) is 44.7 Å². The zero-order chi connectivity index (χ0) is 19.7. The Hall–Kier alpha value is -2.19. The predicted molar refractivity (Wildman–Crippen MR) is 107 cm³/mol. The van der Waals surface area contributed by atoms with Gasteiger partial charge in [0.05, 0.1) is 17.8 Å². The number of thiophene rings is 1. The third-order valence-electron chi connectivity index (χ3n) is 4.98. The zero-order valence-electron chi connectivity index (χ0n) is 16.3. The van der Waals surface area contributed by atoms with E-state index in [0.717, 1.165) is 36.1 Å². The monoisotopic (exact) mass is 389 g/mol. The molecule has 0 saturated carbocycles. The quantitative estimate of drug-likeness (QED) is 0.791. The van der Waals surface area contributed by atoms with Gasteiger partial charge >= 0.3 is 0 Å². The van der Waals surface area contributed by atoms with Gasteiger partial charge in [0.25, 0.3) is 5.91 Å². The number of rotatable bonds is 6. The lowest BCUT2D eigenvalue weighted by Gasteiger charge is -2.18. The average molecular weight is 390 g/mol. The van der Waals surface area contributed by atoms with Crippen molar-refractivity contribution in [3.63, 3.8) is 0 Å². The summed E-state index contributed by atoms with van der Waals surface area (Å²) in [5.74, 6) is -0.0147. The van der Waals surface area contributed by atoms with Gasteiger partial charge in [-0.1, -0.05) is 6.92 Å². The Morgan fingerprint density at radius 3 is 2.85 bits per heavy atom. The van der Waals surface area contributed by atoms with Gasteiger partial charge in [-0.25, -0.2) is 0 Å². The lowest BCUT2D eigenvalue weighted by Crippen LogP contribution is -2.30. The fourth-order valence-corrected chi connectivity index (χ4v) is 5.09. The second kappa shape index (κ2) is 7.82. The van der Waals surface area contributed by atoms with Crippen molar-refractivity contribution in [2.24, 2.45) is 18.7 Å². The minimum atomic E-state index is -0.461. The molecule has 0 spiro atoms. The summed E-state index contributed by atoms with van der Waals surface area (Å²) in [5, 5.41) is 7.84. The van der Waals surface area contributed by atoms with Crippen LogP contribution < -0.4 is 11.1 Å². The van der Waals surface area contributed by atoms with E-state index in [1.807, 2.05) is 32.1 Å². The summed E-state index contributed by atoms with van der Waals surface area (Å²) in [6.07, 6.45) is 4.80. The van der Waals surface area contributed by atoms with Crippen molar-refractivity contribution in [2.75, 3.05) is 18.9 Å². The molecule has 2 amide bonds. The molecule has 1 aliphatic rings. The maximum atomic E-state index is 12.5. The zero-order valence-corrected chi connectivity index (χ0v) is 17.2. The first-order chi connectivity index (χ1) is 12.7. The molecule has 146 valence electrons. The number of likely N-dealkylation sites (N-methyl/N-ethyl adjacent to an activating group) is 1. The Labute approximate surface area is 163 Å². The van der Waals surface area contributed by atoms with Crippen LogP contribution in [0, 0.1) is 12.8 Å². The molecule has 1 unspecified atom stereocenters. The number of aryl methyl sites for hydroxylation is 2. The van der Waals surface area contributed by atoms with E-state index >= 15 is 0 Å². The van der Waals surface area contributed by atoms with Crippen LogP contribution in [-0.4, -0.2) is 40.1 Å². The fraction of sp³-hybridized carbons (Fsp3) is 0.526. The van der Waals surface area contributed by atoms with Crippen LogP contribution in [0.1, 0.15) is 45.4 Å². The molecule has 0 aromatic carbocycles. The number of fused-ring (bicyclic) bond motifs is 1. The van der Waals surface area contributed by atoms with Gasteiger partial charge in [0.15, 0.2) is 0 Å². The molecular formula is C19H27N5O2S. The number of primary amides is 1. The number of anilines is 1. The maximum absolute atomic E-state index is 12.5. The summed E-state index contributed by atoms with van der Waals surface area (Å²) in [7, 11) is 3.77. The molecule has 0 radical (unpaired) electrons. The van der Waals surface area contributed by atoms with Gasteiger partial charge in [-0.15, -0.1) is 11.3 Å². The highest BCUT2D eigenvalue weighted by molar-refractivity contribution is 7.17. The van der Waals surface area contributed by atoms with E-state index in [2.05, 4.69) is 17.3 Å². The van der Waals surface area contributed by atoms with Crippen LogP contribution >= 0.6 is 11.3 Å². The van der Waals surface area contributed by atoms with Crippen molar-refractivity contribution in [2.45, 2.75) is 39.7 Å². The maximum Gasteiger partial charge on any atom is 0.251 e. The Morgan fingerprint density at radius 2 is 2.22 bits per heavy atom. The molecule has 0 fully saturated rings. The van der Waals surface area contributed by atoms with E-state index in [9.17, 15) is 9.59 Å². The number of nitrogens with one attached hydrogen (secondary N) is 1. The number of hydrogen-bond acceptors (Lipinski definition) is 5. The molecule has 2 aromatic heterocycles. The predicted octanol–water partition coefficient (Wildman–Crippen LogP) is 2.08. The smallest absolute Gasteiger partial charge is 0.251 e. The summed E-state index contributed by atoms with van der Waals surface area (Å²) in [4.78, 5) is 27.6. The summed E-state index contributed by atoms with van der Waals surface area (Å²) in [6, 6.07) is 0. The molecule has 2 aromatic rings. The van der Waals surface area contributed by atoms with E-state index in [-0.39, 0.29) is 12.5 Å².